The van der Waals surface area contributed by atoms with Crippen molar-refractivity contribution in [1.82, 2.24) is 15.2 Å². The van der Waals surface area contributed by atoms with Gasteiger partial charge in [0.05, 0.1) is 6.04 Å². The molecule has 0 spiro atoms. The molecule has 0 aromatic carbocycles. The molecule has 0 aliphatic carbocycles. The van der Waals surface area contributed by atoms with Gasteiger partial charge in [0.2, 0.25) is 5.91 Å². The summed E-state index contributed by atoms with van der Waals surface area (Å²) in [6.07, 6.45) is 3.95. The minimum absolute atomic E-state index is 0.0920. The summed E-state index contributed by atoms with van der Waals surface area (Å²) in [6.45, 7) is 2.54. The highest BCUT2D eigenvalue weighted by atomic mass is 16.2. The molecule has 7 nitrogen and oxygen atoms in total. The van der Waals surface area contributed by atoms with Crippen LogP contribution >= 0.6 is 0 Å². The van der Waals surface area contributed by atoms with E-state index in [2.05, 4.69) is 10.3 Å². The highest BCUT2D eigenvalue weighted by molar-refractivity contribution is 5.89. The fourth-order valence-electron chi connectivity index (χ4n) is 2.17. The largest absolute Gasteiger partial charge is 0.347 e. The van der Waals surface area contributed by atoms with Crippen molar-refractivity contribution in [3.05, 3.63) is 0 Å². The average molecular weight is 269 g/mol. The molecule has 0 bridgehead atoms. The Kier molecular flexibility index (Phi) is 5.75. The number of amides is 3. The van der Waals surface area contributed by atoms with Gasteiger partial charge in [-0.1, -0.05) is 6.92 Å². The van der Waals surface area contributed by atoms with Crippen molar-refractivity contribution in [2.24, 2.45) is 10.8 Å². The number of carbonyl (C=O) groups is 2. The summed E-state index contributed by atoms with van der Waals surface area (Å²) in [5.74, 6) is 5.30. The minimum atomic E-state index is -0.433. The molecule has 3 N–H and O–H groups in total. The van der Waals surface area contributed by atoms with Crippen LogP contribution in [0.2, 0.25) is 0 Å². The van der Waals surface area contributed by atoms with Crippen LogP contribution in [-0.4, -0.2) is 60.8 Å². The average Bonchev–Trinajstić information content (AvgIpc) is 2.86. The molecule has 0 saturated carbocycles. The second-order valence-corrected chi connectivity index (χ2v) is 4.68. The molecule has 7 heteroatoms. The van der Waals surface area contributed by atoms with Crippen molar-refractivity contribution >= 4 is 18.2 Å². The number of urea groups is 1. The van der Waals surface area contributed by atoms with Crippen molar-refractivity contribution in [1.29, 1.82) is 0 Å². The quantitative estimate of drug-likeness (QED) is 0.325. The first kappa shape index (κ1) is 15.4. The zero-order valence-electron chi connectivity index (χ0n) is 11.8. The Morgan fingerprint density at radius 2 is 2.32 bits per heavy atom. The molecule has 0 aromatic rings. The monoisotopic (exact) mass is 269 g/mol. The number of nitrogens with one attached hydrogen (secondary N) is 1. The van der Waals surface area contributed by atoms with E-state index in [1.807, 2.05) is 6.92 Å². The Morgan fingerprint density at radius 3 is 2.84 bits per heavy atom. The molecule has 0 aromatic heterocycles. The lowest BCUT2D eigenvalue weighted by Crippen LogP contribution is -2.53. The van der Waals surface area contributed by atoms with Crippen LogP contribution in [0.5, 0.6) is 0 Å². The highest BCUT2D eigenvalue weighted by Crippen LogP contribution is 2.18. The fraction of sp³-hybridized carbons (Fsp3) is 0.750. The van der Waals surface area contributed by atoms with Crippen LogP contribution in [0.3, 0.4) is 0 Å². The lowest BCUT2D eigenvalue weighted by atomic mass is 10.1. The number of nitrogens with zero attached hydrogens (tertiary/aromatic N) is 3. The zero-order chi connectivity index (χ0) is 14.4. The van der Waals surface area contributed by atoms with Crippen molar-refractivity contribution < 1.29 is 9.59 Å². The number of hydrogen-bond donors (Lipinski definition) is 2. The maximum absolute atomic E-state index is 12.2. The number of likely N-dealkylation sites (tertiary alicyclic amines) is 1. The van der Waals surface area contributed by atoms with Crippen molar-refractivity contribution in [3.63, 3.8) is 0 Å². The third kappa shape index (κ3) is 3.92. The number of hydrogen-bond acceptors (Lipinski definition) is 4. The van der Waals surface area contributed by atoms with Gasteiger partial charge in [0.1, 0.15) is 6.04 Å². The van der Waals surface area contributed by atoms with E-state index in [1.165, 1.54) is 11.9 Å². The van der Waals surface area contributed by atoms with E-state index in [4.69, 9.17) is 5.84 Å². The van der Waals surface area contributed by atoms with E-state index in [1.54, 1.807) is 13.3 Å². The minimum Gasteiger partial charge on any atom is -0.347 e. The summed E-state index contributed by atoms with van der Waals surface area (Å²) >= 11 is 0. The molecule has 3 amide bonds. The van der Waals surface area contributed by atoms with Crippen LogP contribution < -0.4 is 11.2 Å². The van der Waals surface area contributed by atoms with Crippen LogP contribution in [0.4, 0.5) is 4.79 Å². The van der Waals surface area contributed by atoms with Crippen LogP contribution in [-0.2, 0) is 4.79 Å². The Balaban J connectivity index is 2.67. The first-order chi connectivity index (χ1) is 9.01. The predicted molar refractivity (Wildman–Crippen MR) is 73.7 cm³/mol. The summed E-state index contributed by atoms with van der Waals surface area (Å²) in [7, 11) is 3.15. The Bertz CT molecular complexity index is 356. The van der Waals surface area contributed by atoms with Crippen molar-refractivity contribution in [2.45, 2.75) is 38.3 Å². The van der Waals surface area contributed by atoms with Gasteiger partial charge in [0.15, 0.2) is 0 Å². The number of nitrogens with two attached hydrogens (primary N) is 1. The van der Waals surface area contributed by atoms with Crippen LogP contribution in [0.25, 0.3) is 0 Å². The number of aliphatic imine (C=N–C) groups is 1. The van der Waals surface area contributed by atoms with Gasteiger partial charge in [-0.15, -0.1) is 0 Å². The summed E-state index contributed by atoms with van der Waals surface area (Å²) in [4.78, 5) is 29.5. The summed E-state index contributed by atoms with van der Waals surface area (Å²) in [6, 6.07) is -0.849. The van der Waals surface area contributed by atoms with Crippen molar-refractivity contribution in [3.8, 4) is 0 Å². The normalized spacial score (nSPS) is 20.6. The molecule has 1 aliphatic rings. The van der Waals surface area contributed by atoms with E-state index in [0.29, 0.717) is 13.0 Å². The molecular formula is C12H23N5O2. The molecule has 19 heavy (non-hydrogen) atoms. The molecule has 1 fully saturated rings. The first-order valence-electron chi connectivity index (χ1n) is 6.53. The highest BCUT2D eigenvalue weighted by Gasteiger charge is 2.35. The van der Waals surface area contributed by atoms with Gasteiger partial charge in [-0.3, -0.25) is 14.8 Å². The third-order valence-electron chi connectivity index (χ3n) is 3.20. The molecule has 1 rings (SSSR count). The van der Waals surface area contributed by atoms with Gasteiger partial charge >= 0.3 is 6.03 Å². The molecule has 1 aliphatic heterocycles. The maximum atomic E-state index is 12.2. The molecule has 108 valence electrons. The SMILES string of the molecule is CC[C@@H](C=NC)NC(=O)[C@@H]1CCCN1C(=O)N(C)N. The third-order valence-corrected chi connectivity index (χ3v) is 3.20. The van der Waals surface area contributed by atoms with Gasteiger partial charge in [0.25, 0.3) is 0 Å². The lowest BCUT2D eigenvalue weighted by molar-refractivity contribution is -0.125. The second kappa shape index (κ2) is 7.08. The Labute approximate surface area is 113 Å². The summed E-state index contributed by atoms with van der Waals surface area (Å²) in [5.41, 5.74) is 0. The van der Waals surface area contributed by atoms with Crippen molar-refractivity contribution in [2.75, 3.05) is 20.6 Å². The first-order valence-corrected chi connectivity index (χ1v) is 6.53. The van der Waals surface area contributed by atoms with Gasteiger partial charge < -0.3 is 10.2 Å². The zero-order valence-corrected chi connectivity index (χ0v) is 11.8. The summed E-state index contributed by atoms with van der Waals surface area (Å²) < 4.78 is 0. The molecular weight excluding hydrogens is 246 g/mol. The fourth-order valence-corrected chi connectivity index (χ4v) is 2.17. The summed E-state index contributed by atoms with van der Waals surface area (Å²) in [5, 5.41) is 3.90. The molecule has 1 heterocycles. The molecule has 0 unspecified atom stereocenters. The topological polar surface area (TPSA) is 91.0 Å². The standard InChI is InChI=1S/C12H23N5O2/c1-4-9(8-14-2)15-11(18)10-6-5-7-17(10)12(19)16(3)13/h8-10H,4-7,13H2,1-3H3,(H,15,18)/t9-,10-/m0/s1. The number of hydrazine groups is 1. The molecule has 2 atom stereocenters. The van der Waals surface area contributed by atoms with E-state index in [0.717, 1.165) is 17.9 Å². The number of rotatable bonds is 4. The van der Waals surface area contributed by atoms with Gasteiger partial charge in [-0.05, 0) is 19.3 Å². The van der Waals surface area contributed by atoms with E-state index < -0.39 is 6.04 Å². The van der Waals surface area contributed by atoms with Gasteiger partial charge in [-0.2, -0.15) is 0 Å². The van der Waals surface area contributed by atoms with Crippen LogP contribution in [0, 0.1) is 0 Å². The van der Waals surface area contributed by atoms with Crippen LogP contribution in [0.1, 0.15) is 26.2 Å². The predicted octanol–water partition coefficient (Wildman–Crippen LogP) is -0.0283. The van der Waals surface area contributed by atoms with Crippen LogP contribution in [0.15, 0.2) is 4.99 Å². The Hall–Kier alpha value is -1.63. The van der Waals surface area contributed by atoms with E-state index in [-0.39, 0.29) is 18.0 Å². The number of carbonyl (C=O) groups excluding carboxylic acids is 2. The van der Waals surface area contributed by atoms with Gasteiger partial charge in [-0.25, -0.2) is 10.6 Å². The smallest absolute Gasteiger partial charge is 0.334 e. The second-order valence-electron chi connectivity index (χ2n) is 4.68. The van der Waals surface area contributed by atoms with E-state index in [9.17, 15) is 9.59 Å². The Morgan fingerprint density at radius 1 is 1.63 bits per heavy atom. The lowest BCUT2D eigenvalue weighted by Gasteiger charge is -2.27. The maximum Gasteiger partial charge on any atom is 0.334 e. The molecule has 0 radical (unpaired) electrons. The molecule has 1 saturated heterocycles. The van der Waals surface area contributed by atoms with E-state index >= 15 is 0 Å². The van der Waals surface area contributed by atoms with Gasteiger partial charge in [0, 0.05) is 26.9 Å².